The minimum atomic E-state index is -4.78. The molecule has 7 heteroatoms. The van der Waals surface area contributed by atoms with E-state index in [2.05, 4.69) is 11.7 Å². The van der Waals surface area contributed by atoms with Gasteiger partial charge in [0, 0.05) is 5.56 Å². The van der Waals surface area contributed by atoms with Crippen molar-refractivity contribution in [1.82, 2.24) is 0 Å². The van der Waals surface area contributed by atoms with Crippen LogP contribution in [0.4, 0.5) is 22.0 Å². The van der Waals surface area contributed by atoms with Crippen LogP contribution >= 0.6 is 0 Å². The van der Waals surface area contributed by atoms with Gasteiger partial charge in [0.15, 0.2) is 17.7 Å². The second-order valence-electron chi connectivity index (χ2n) is 7.52. The molecule has 0 saturated heterocycles. The summed E-state index contributed by atoms with van der Waals surface area (Å²) in [5.74, 6) is -4.36. The van der Waals surface area contributed by atoms with Crippen molar-refractivity contribution in [3.63, 3.8) is 0 Å². The molecule has 2 aromatic rings. The SMILES string of the molecule is CCCCCc1ccc(-c2ccc(C(=O)OC(CCCC)C(F)(F)F)c(F)c2F)cc1. The van der Waals surface area contributed by atoms with Crippen molar-refractivity contribution in [2.24, 2.45) is 0 Å². The van der Waals surface area contributed by atoms with Crippen molar-refractivity contribution >= 4 is 5.97 Å². The molecule has 0 aliphatic carbocycles. The summed E-state index contributed by atoms with van der Waals surface area (Å²) in [6.07, 6.45) is -2.80. The van der Waals surface area contributed by atoms with Gasteiger partial charge in [0.2, 0.25) is 0 Å². The summed E-state index contributed by atoms with van der Waals surface area (Å²) in [5, 5.41) is 0. The highest BCUT2D eigenvalue weighted by Gasteiger charge is 2.42. The standard InChI is InChI=1S/C24H27F5O2/c1-3-5-7-8-16-10-12-17(13-11-16)18-14-15-19(22(26)21(18)25)23(30)31-20(9-6-4-2)24(27,28)29/h10-15,20H,3-9H2,1-2H3. The first kappa shape index (κ1) is 24.8. The number of benzene rings is 2. The lowest BCUT2D eigenvalue weighted by atomic mass is 9.99. The number of esters is 1. The first-order valence-electron chi connectivity index (χ1n) is 10.5. The number of alkyl halides is 3. The van der Waals surface area contributed by atoms with Crippen molar-refractivity contribution in [2.45, 2.75) is 71.1 Å². The maximum absolute atomic E-state index is 14.6. The Morgan fingerprint density at radius 2 is 1.55 bits per heavy atom. The highest BCUT2D eigenvalue weighted by atomic mass is 19.4. The van der Waals surface area contributed by atoms with Gasteiger partial charge >= 0.3 is 12.1 Å². The van der Waals surface area contributed by atoms with Crippen molar-refractivity contribution in [1.29, 1.82) is 0 Å². The van der Waals surface area contributed by atoms with Crippen molar-refractivity contribution in [2.75, 3.05) is 0 Å². The smallest absolute Gasteiger partial charge is 0.425 e. The molecule has 0 heterocycles. The summed E-state index contributed by atoms with van der Waals surface area (Å²) < 4.78 is 72.8. The van der Waals surface area contributed by atoms with E-state index >= 15 is 0 Å². The molecule has 0 radical (unpaired) electrons. The zero-order chi connectivity index (χ0) is 23.0. The third-order valence-electron chi connectivity index (χ3n) is 5.07. The zero-order valence-electron chi connectivity index (χ0n) is 17.7. The molecule has 0 fully saturated rings. The summed E-state index contributed by atoms with van der Waals surface area (Å²) in [6, 6.07) is 9.09. The van der Waals surface area contributed by atoms with Gasteiger partial charge in [0.25, 0.3) is 0 Å². The molecule has 170 valence electrons. The Bertz CT molecular complexity index is 860. The number of aryl methyl sites for hydroxylation is 1. The van der Waals surface area contributed by atoms with E-state index in [0.717, 1.165) is 37.3 Å². The lowest BCUT2D eigenvalue weighted by Crippen LogP contribution is -2.34. The van der Waals surface area contributed by atoms with Crippen LogP contribution < -0.4 is 0 Å². The van der Waals surface area contributed by atoms with Crippen molar-refractivity contribution in [3.8, 4) is 11.1 Å². The molecule has 0 N–H and O–H groups in total. The van der Waals surface area contributed by atoms with Crippen LogP contribution in [0.2, 0.25) is 0 Å². The molecule has 0 saturated carbocycles. The van der Waals surface area contributed by atoms with Crippen LogP contribution in [0.3, 0.4) is 0 Å². The van der Waals surface area contributed by atoms with Crippen LogP contribution in [0.25, 0.3) is 11.1 Å². The van der Waals surface area contributed by atoms with E-state index in [1.165, 1.54) is 6.07 Å². The minimum Gasteiger partial charge on any atom is -0.449 e. The number of hydrogen-bond donors (Lipinski definition) is 0. The van der Waals surface area contributed by atoms with Gasteiger partial charge in [-0.15, -0.1) is 0 Å². The predicted octanol–water partition coefficient (Wildman–Crippen LogP) is 7.64. The Labute approximate surface area is 179 Å². The molecule has 2 aromatic carbocycles. The molecule has 2 nitrogen and oxygen atoms in total. The van der Waals surface area contributed by atoms with Gasteiger partial charge in [-0.1, -0.05) is 63.4 Å². The first-order valence-corrected chi connectivity index (χ1v) is 10.5. The average molecular weight is 442 g/mol. The highest BCUT2D eigenvalue weighted by molar-refractivity contribution is 5.90. The van der Waals surface area contributed by atoms with Crippen LogP contribution in [0.15, 0.2) is 36.4 Å². The Morgan fingerprint density at radius 3 is 2.13 bits per heavy atom. The quantitative estimate of drug-likeness (QED) is 0.215. The lowest BCUT2D eigenvalue weighted by molar-refractivity contribution is -0.206. The van der Waals surface area contributed by atoms with E-state index in [1.54, 1.807) is 19.1 Å². The molecule has 0 aliphatic rings. The molecule has 0 aromatic heterocycles. The fourth-order valence-corrected chi connectivity index (χ4v) is 3.23. The topological polar surface area (TPSA) is 26.3 Å². The third-order valence-corrected chi connectivity index (χ3v) is 5.07. The van der Waals surface area contributed by atoms with Crippen LogP contribution in [-0.4, -0.2) is 18.2 Å². The van der Waals surface area contributed by atoms with E-state index in [1.807, 2.05) is 12.1 Å². The molecule has 2 rings (SSSR count). The van der Waals surface area contributed by atoms with Gasteiger partial charge in [-0.25, -0.2) is 13.6 Å². The first-order chi connectivity index (χ1) is 14.7. The average Bonchev–Trinajstić information content (AvgIpc) is 2.73. The van der Waals surface area contributed by atoms with Crippen molar-refractivity contribution < 1.29 is 31.5 Å². The van der Waals surface area contributed by atoms with Gasteiger partial charge in [-0.2, -0.15) is 13.2 Å². The molecule has 0 spiro atoms. The maximum atomic E-state index is 14.6. The number of carbonyl (C=O) groups excluding carboxylic acids is 1. The Balaban J connectivity index is 2.20. The van der Waals surface area contributed by atoms with Crippen molar-refractivity contribution in [3.05, 3.63) is 59.2 Å². The molecule has 1 atom stereocenters. The Hall–Kier alpha value is -2.44. The number of rotatable bonds is 10. The predicted molar refractivity (Wildman–Crippen MR) is 110 cm³/mol. The highest BCUT2D eigenvalue weighted by Crippen LogP contribution is 2.30. The number of unbranched alkanes of at least 4 members (excludes halogenated alkanes) is 3. The normalized spacial score (nSPS) is 12.6. The molecule has 0 bridgehead atoms. The zero-order valence-corrected chi connectivity index (χ0v) is 17.7. The largest absolute Gasteiger partial charge is 0.449 e. The van der Waals surface area contributed by atoms with E-state index in [4.69, 9.17) is 0 Å². The molecule has 0 aliphatic heterocycles. The second-order valence-corrected chi connectivity index (χ2v) is 7.52. The van der Waals surface area contributed by atoms with Crippen LogP contribution in [0.1, 0.15) is 68.3 Å². The molecule has 1 unspecified atom stereocenters. The molecular formula is C24H27F5O2. The maximum Gasteiger partial charge on any atom is 0.425 e. The van der Waals surface area contributed by atoms with Gasteiger partial charge in [0.1, 0.15) is 0 Å². The molecule has 31 heavy (non-hydrogen) atoms. The van der Waals surface area contributed by atoms with E-state index in [9.17, 15) is 26.7 Å². The number of carbonyl (C=O) groups is 1. The Kier molecular flexibility index (Phi) is 9.01. The molecular weight excluding hydrogens is 415 g/mol. The van der Waals surface area contributed by atoms with E-state index < -0.39 is 41.9 Å². The van der Waals surface area contributed by atoms with Gasteiger partial charge in [0.05, 0.1) is 5.56 Å². The lowest BCUT2D eigenvalue weighted by Gasteiger charge is -2.20. The third kappa shape index (κ3) is 6.77. The van der Waals surface area contributed by atoms with Gasteiger partial charge < -0.3 is 4.74 Å². The van der Waals surface area contributed by atoms with Gasteiger partial charge in [-0.05, 0) is 42.9 Å². The minimum absolute atomic E-state index is 0.0764. The van der Waals surface area contributed by atoms with Crippen LogP contribution in [0.5, 0.6) is 0 Å². The summed E-state index contributed by atoms with van der Waals surface area (Å²) in [7, 11) is 0. The van der Waals surface area contributed by atoms with Gasteiger partial charge in [-0.3, -0.25) is 0 Å². The number of ether oxygens (including phenoxy) is 1. The summed E-state index contributed by atoms with van der Waals surface area (Å²) in [4.78, 5) is 12.1. The fourth-order valence-electron chi connectivity index (χ4n) is 3.23. The number of halogens is 5. The second kappa shape index (κ2) is 11.3. The van der Waals surface area contributed by atoms with Crippen LogP contribution in [-0.2, 0) is 11.2 Å². The summed E-state index contributed by atoms with van der Waals surface area (Å²) >= 11 is 0. The summed E-state index contributed by atoms with van der Waals surface area (Å²) in [5.41, 5.74) is 0.547. The fraction of sp³-hybridized carbons (Fsp3) is 0.458. The van der Waals surface area contributed by atoms with E-state index in [0.29, 0.717) is 12.0 Å². The Morgan fingerprint density at radius 1 is 0.903 bits per heavy atom. The summed E-state index contributed by atoms with van der Waals surface area (Å²) in [6.45, 7) is 3.80. The van der Waals surface area contributed by atoms with Crippen LogP contribution in [0, 0.1) is 11.6 Å². The monoisotopic (exact) mass is 442 g/mol. The van der Waals surface area contributed by atoms with E-state index in [-0.39, 0.29) is 12.0 Å². The number of hydrogen-bond acceptors (Lipinski definition) is 2. The molecule has 0 amide bonds.